The molecule has 0 aliphatic carbocycles. The second-order valence-corrected chi connectivity index (χ2v) is 4.36. The topological polar surface area (TPSA) is 41.5 Å². The smallest absolute Gasteiger partial charge is 0.119 e. The van der Waals surface area contributed by atoms with Crippen molar-refractivity contribution in [1.82, 2.24) is 5.32 Å². The fourth-order valence-electron chi connectivity index (χ4n) is 2.18. The average molecular weight is 237 g/mol. The summed E-state index contributed by atoms with van der Waals surface area (Å²) in [6.45, 7) is 7.27. The molecule has 3 nitrogen and oxygen atoms in total. The first-order valence-corrected chi connectivity index (χ1v) is 6.13. The van der Waals surface area contributed by atoms with Crippen molar-refractivity contribution in [2.45, 2.75) is 33.2 Å². The predicted octanol–water partition coefficient (Wildman–Crippen LogP) is 2.35. The number of aliphatic hydroxyl groups excluding tert-OH is 1. The van der Waals surface area contributed by atoms with Crippen molar-refractivity contribution in [3.05, 3.63) is 28.8 Å². The van der Waals surface area contributed by atoms with Gasteiger partial charge in [-0.25, -0.2) is 0 Å². The Morgan fingerprint density at radius 1 is 1.29 bits per heavy atom. The van der Waals surface area contributed by atoms with Crippen LogP contribution in [0.4, 0.5) is 0 Å². The lowest BCUT2D eigenvalue weighted by atomic mass is 9.96. The van der Waals surface area contributed by atoms with Gasteiger partial charge >= 0.3 is 0 Å². The molecule has 0 heterocycles. The third-order valence-electron chi connectivity index (χ3n) is 2.97. The van der Waals surface area contributed by atoms with Crippen LogP contribution in [-0.2, 0) is 0 Å². The number of hydrogen-bond donors (Lipinski definition) is 2. The van der Waals surface area contributed by atoms with E-state index in [-0.39, 0.29) is 12.6 Å². The van der Waals surface area contributed by atoms with Crippen LogP contribution in [0, 0.1) is 13.8 Å². The largest absolute Gasteiger partial charge is 0.497 e. The lowest BCUT2D eigenvalue weighted by molar-refractivity contribution is 0.244. The van der Waals surface area contributed by atoms with Gasteiger partial charge in [0.2, 0.25) is 0 Å². The quantitative estimate of drug-likeness (QED) is 0.798. The van der Waals surface area contributed by atoms with Crippen LogP contribution < -0.4 is 10.1 Å². The van der Waals surface area contributed by atoms with E-state index in [0.29, 0.717) is 0 Å². The molecule has 0 aromatic heterocycles. The fraction of sp³-hybridized carbons (Fsp3) is 0.571. The lowest BCUT2D eigenvalue weighted by Gasteiger charge is -2.21. The number of aliphatic hydroxyl groups is 1. The molecular weight excluding hydrogens is 214 g/mol. The third-order valence-corrected chi connectivity index (χ3v) is 2.97. The minimum absolute atomic E-state index is 0.0147. The molecule has 1 aromatic carbocycles. The van der Waals surface area contributed by atoms with Gasteiger partial charge in [-0.3, -0.25) is 0 Å². The first-order chi connectivity index (χ1) is 8.13. The molecular formula is C14H23NO2. The summed E-state index contributed by atoms with van der Waals surface area (Å²) >= 11 is 0. The van der Waals surface area contributed by atoms with E-state index in [1.807, 2.05) is 12.1 Å². The fourth-order valence-corrected chi connectivity index (χ4v) is 2.18. The minimum atomic E-state index is 0.0147. The van der Waals surface area contributed by atoms with E-state index in [4.69, 9.17) is 4.74 Å². The average Bonchev–Trinajstić information content (AvgIpc) is 2.32. The Morgan fingerprint density at radius 3 is 2.29 bits per heavy atom. The number of benzene rings is 1. The Balaban J connectivity index is 3.02. The van der Waals surface area contributed by atoms with Crippen LogP contribution in [0.1, 0.15) is 36.1 Å². The molecule has 1 aromatic rings. The Hall–Kier alpha value is -1.06. The molecule has 2 N–H and O–H groups in total. The van der Waals surface area contributed by atoms with Crippen molar-refractivity contribution < 1.29 is 9.84 Å². The number of rotatable bonds is 6. The molecule has 0 spiro atoms. The summed E-state index contributed by atoms with van der Waals surface area (Å²) in [5.41, 5.74) is 3.50. The zero-order valence-electron chi connectivity index (χ0n) is 11.2. The molecule has 3 heteroatoms. The second-order valence-electron chi connectivity index (χ2n) is 4.36. The normalized spacial score (nSPS) is 12.5. The standard InChI is InChI=1S/C14H23NO2/c1-5-6-15-13(9-16)14-10(2)7-12(17-4)8-11(14)3/h7-8,13,15-16H,5-6,9H2,1-4H3. The van der Waals surface area contributed by atoms with Crippen molar-refractivity contribution >= 4 is 0 Å². The van der Waals surface area contributed by atoms with Gasteiger partial charge in [-0.15, -0.1) is 0 Å². The number of hydrogen-bond acceptors (Lipinski definition) is 3. The molecule has 1 unspecified atom stereocenters. The van der Waals surface area contributed by atoms with Crippen LogP contribution in [0.5, 0.6) is 5.75 Å². The van der Waals surface area contributed by atoms with Gasteiger partial charge in [0, 0.05) is 0 Å². The molecule has 0 bridgehead atoms. The lowest BCUT2D eigenvalue weighted by Crippen LogP contribution is -2.26. The molecule has 0 aliphatic heterocycles. The highest BCUT2D eigenvalue weighted by atomic mass is 16.5. The molecule has 0 fully saturated rings. The van der Waals surface area contributed by atoms with Crippen molar-refractivity contribution in [3.8, 4) is 5.75 Å². The molecule has 1 rings (SSSR count). The summed E-state index contributed by atoms with van der Waals surface area (Å²) in [6.07, 6.45) is 1.06. The van der Waals surface area contributed by atoms with Crippen LogP contribution in [0.25, 0.3) is 0 Å². The van der Waals surface area contributed by atoms with Gasteiger partial charge in [-0.2, -0.15) is 0 Å². The molecule has 0 saturated heterocycles. The Bertz CT molecular complexity index is 340. The highest BCUT2D eigenvalue weighted by Gasteiger charge is 2.15. The van der Waals surface area contributed by atoms with Gasteiger partial charge in [0.1, 0.15) is 5.75 Å². The molecule has 96 valence electrons. The SMILES string of the molecule is CCCNC(CO)c1c(C)cc(OC)cc1C. The summed E-state index contributed by atoms with van der Waals surface area (Å²) < 4.78 is 5.24. The molecule has 1 atom stereocenters. The van der Waals surface area contributed by atoms with Crippen molar-refractivity contribution in [2.75, 3.05) is 20.3 Å². The zero-order valence-corrected chi connectivity index (χ0v) is 11.2. The molecule has 0 amide bonds. The van der Waals surface area contributed by atoms with E-state index >= 15 is 0 Å². The zero-order chi connectivity index (χ0) is 12.8. The number of ether oxygens (including phenoxy) is 1. The third kappa shape index (κ3) is 3.45. The van der Waals surface area contributed by atoms with E-state index in [1.165, 1.54) is 5.56 Å². The van der Waals surface area contributed by atoms with Crippen LogP contribution in [0.15, 0.2) is 12.1 Å². The number of methoxy groups -OCH3 is 1. The number of nitrogens with one attached hydrogen (secondary N) is 1. The van der Waals surface area contributed by atoms with E-state index in [2.05, 4.69) is 26.1 Å². The van der Waals surface area contributed by atoms with Crippen LogP contribution in [-0.4, -0.2) is 25.4 Å². The first-order valence-electron chi connectivity index (χ1n) is 6.13. The van der Waals surface area contributed by atoms with Crippen molar-refractivity contribution in [2.24, 2.45) is 0 Å². The maximum atomic E-state index is 9.49. The highest BCUT2D eigenvalue weighted by Crippen LogP contribution is 2.26. The first kappa shape index (κ1) is 14.0. The van der Waals surface area contributed by atoms with E-state index in [9.17, 15) is 5.11 Å². The number of aryl methyl sites for hydroxylation is 2. The Labute approximate surface area is 104 Å². The van der Waals surface area contributed by atoms with Gasteiger partial charge < -0.3 is 15.2 Å². The van der Waals surface area contributed by atoms with Gasteiger partial charge in [-0.05, 0) is 55.6 Å². The maximum Gasteiger partial charge on any atom is 0.119 e. The molecule has 0 saturated carbocycles. The monoisotopic (exact) mass is 237 g/mol. The van der Waals surface area contributed by atoms with Gasteiger partial charge in [0.25, 0.3) is 0 Å². The highest BCUT2D eigenvalue weighted by molar-refractivity contribution is 5.43. The maximum absolute atomic E-state index is 9.49. The summed E-state index contributed by atoms with van der Waals surface area (Å²) in [5.74, 6) is 0.871. The summed E-state index contributed by atoms with van der Waals surface area (Å²) in [5, 5.41) is 12.9. The van der Waals surface area contributed by atoms with Gasteiger partial charge in [-0.1, -0.05) is 6.92 Å². The van der Waals surface area contributed by atoms with Crippen LogP contribution in [0.3, 0.4) is 0 Å². The molecule has 0 aliphatic rings. The molecule has 17 heavy (non-hydrogen) atoms. The van der Waals surface area contributed by atoms with Gasteiger partial charge in [0.15, 0.2) is 0 Å². The summed E-state index contributed by atoms with van der Waals surface area (Å²) in [4.78, 5) is 0. The van der Waals surface area contributed by atoms with Crippen LogP contribution in [0.2, 0.25) is 0 Å². The Morgan fingerprint density at radius 2 is 1.88 bits per heavy atom. The molecule has 0 radical (unpaired) electrons. The Kier molecular flexibility index (Phi) is 5.45. The van der Waals surface area contributed by atoms with Crippen LogP contribution >= 0.6 is 0 Å². The van der Waals surface area contributed by atoms with Gasteiger partial charge in [0.05, 0.1) is 19.8 Å². The van der Waals surface area contributed by atoms with E-state index in [1.54, 1.807) is 7.11 Å². The second kappa shape index (κ2) is 6.62. The predicted molar refractivity (Wildman–Crippen MR) is 70.6 cm³/mol. The van der Waals surface area contributed by atoms with E-state index < -0.39 is 0 Å². The van der Waals surface area contributed by atoms with E-state index in [0.717, 1.165) is 29.8 Å². The minimum Gasteiger partial charge on any atom is -0.497 e. The van der Waals surface area contributed by atoms with Crippen molar-refractivity contribution in [1.29, 1.82) is 0 Å². The summed E-state index contributed by atoms with van der Waals surface area (Å²) in [6, 6.07) is 4.04. The van der Waals surface area contributed by atoms with Crippen molar-refractivity contribution in [3.63, 3.8) is 0 Å². The summed E-state index contributed by atoms with van der Waals surface area (Å²) in [7, 11) is 1.67.